The van der Waals surface area contributed by atoms with Crippen LogP contribution in [0.4, 0.5) is 17.1 Å². The number of benzene rings is 5. The number of ether oxygens (including phenoxy) is 1. The predicted molar refractivity (Wildman–Crippen MR) is 167 cm³/mol. The van der Waals surface area contributed by atoms with Crippen molar-refractivity contribution in [3.05, 3.63) is 130 Å². The summed E-state index contributed by atoms with van der Waals surface area (Å²) in [6, 6.07) is 37.4. The third-order valence-electron chi connectivity index (χ3n) is 7.85. The average molecular weight is 532 g/mol. The third kappa shape index (κ3) is 5.17. The standard InChI is InChI=1S/C37H29N3O/c1-41-34-20-18-32(19-21-34)40(33-17-13-27-5-2-3-6-29(27)23-33)31-15-10-26(11-16-31)9-12-28-14-22-35-30(24-38)7-4-8-36(35)37(28)25-39/h4,7-23H,2-3,5-6H2,1H3. The van der Waals surface area contributed by atoms with Gasteiger partial charge in [0, 0.05) is 27.8 Å². The zero-order valence-electron chi connectivity index (χ0n) is 23.0. The molecule has 1 aliphatic carbocycles. The van der Waals surface area contributed by atoms with E-state index in [1.807, 2.05) is 48.6 Å². The highest BCUT2D eigenvalue weighted by Gasteiger charge is 2.16. The summed E-state index contributed by atoms with van der Waals surface area (Å²) < 4.78 is 5.41. The molecule has 5 aromatic rings. The lowest BCUT2D eigenvalue weighted by molar-refractivity contribution is 0.415. The number of nitrogens with zero attached hydrogens (tertiary/aromatic N) is 3. The molecular weight excluding hydrogens is 502 g/mol. The molecule has 4 nitrogen and oxygen atoms in total. The van der Waals surface area contributed by atoms with Crippen LogP contribution in [0.15, 0.2) is 97.1 Å². The smallest absolute Gasteiger partial charge is 0.119 e. The van der Waals surface area contributed by atoms with Gasteiger partial charge < -0.3 is 9.64 Å². The molecule has 0 aliphatic heterocycles. The Kier molecular flexibility index (Phi) is 7.23. The lowest BCUT2D eigenvalue weighted by Crippen LogP contribution is -2.12. The van der Waals surface area contributed by atoms with Gasteiger partial charge in [-0.1, -0.05) is 54.6 Å². The Morgan fingerprint density at radius 2 is 1.39 bits per heavy atom. The van der Waals surface area contributed by atoms with Gasteiger partial charge in [0.1, 0.15) is 11.8 Å². The number of fused-ring (bicyclic) bond motifs is 2. The molecule has 0 N–H and O–H groups in total. The fourth-order valence-electron chi connectivity index (χ4n) is 5.69. The van der Waals surface area contributed by atoms with E-state index in [0.29, 0.717) is 11.1 Å². The molecule has 0 heterocycles. The Labute approximate surface area is 241 Å². The fraction of sp³-hybridized carbons (Fsp3) is 0.135. The minimum Gasteiger partial charge on any atom is -0.497 e. The molecule has 4 heteroatoms. The molecule has 0 aromatic heterocycles. The number of aryl methyl sites for hydroxylation is 2. The van der Waals surface area contributed by atoms with Crippen LogP contribution in [0, 0.1) is 22.7 Å². The first-order valence-electron chi connectivity index (χ1n) is 13.9. The minimum atomic E-state index is 0.574. The highest BCUT2D eigenvalue weighted by molar-refractivity contribution is 5.95. The van der Waals surface area contributed by atoms with Crippen LogP contribution in [0.3, 0.4) is 0 Å². The van der Waals surface area contributed by atoms with E-state index in [0.717, 1.165) is 57.6 Å². The van der Waals surface area contributed by atoms with Gasteiger partial charge in [-0.25, -0.2) is 0 Å². The van der Waals surface area contributed by atoms with Crippen LogP contribution in [-0.2, 0) is 12.8 Å². The summed E-state index contributed by atoms with van der Waals surface area (Å²) in [5.74, 6) is 0.828. The summed E-state index contributed by atoms with van der Waals surface area (Å²) in [7, 11) is 1.68. The van der Waals surface area contributed by atoms with Crippen LogP contribution in [0.5, 0.6) is 5.75 Å². The van der Waals surface area contributed by atoms with E-state index in [2.05, 4.69) is 71.6 Å². The summed E-state index contributed by atoms with van der Waals surface area (Å²) in [6.45, 7) is 0. The second-order valence-electron chi connectivity index (χ2n) is 10.3. The summed E-state index contributed by atoms with van der Waals surface area (Å²) in [4.78, 5) is 2.28. The zero-order chi connectivity index (χ0) is 28.2. The SMILES string of the molecule is COc1ccc(N(c2ccc(C=Cc3ccc4c(C#N)cccc4c3C#N)cc2)c2ccc3c(c2)CCCC3)cc1. The number of rotatable bonds is 6. The second kappa shape index (κ2) is 11.4. The van der Waals surface area contributed by atoms with Gasteiger partial charge in [-0.2, -0.15) is 10.5 Å². The topological polar surface area (TPSA) is 60.0 Å². The molecule has 198 valence electrons. The number of anilines is 3. The highest BCUT2D eigenvalue weighted by Crippen LogP contribution is 2.37. The first kappa shape index (κ1) is 25.9. The van der Waals surface area contributed by atoms with Crippen molar-refractivity contribution in [1.82, 2.24) is 0 Å². The van der Waals surface area contributed by atoms with E-state index < -0.39 is 0 Å². The molecule has 0 bridgehead atoms. The molecule has 5 aromatic carbocycles. The second-order valence-corrected chi connectivity index (χ2v) is 10.3. The van der Waals surface area contributed by atoms with Crippen molar-refractivity contribution in [2.45, 2.75) is 25.7 Å². The summed E-state index contributed by atoms with van der Waals surface area (Å²) in [6.07, 6.45) is 8.78. The Hall–Kier alpha value is -5.32. The van der Waals surface area contributed by atoms with Crippen molar-refractivity contribution in [2.75, 3.05) is 12.0 Å². The lowest BCUT2D eigenvalue weighted by atomic mass is 9.91. The number of hydrogen-bond donors (Lipinski definition) is 0. The van der Waals surface area contributed by atoms with Gasteiger partial charge in [0.25, 0.3) is 0 Å². The Morgan fingerprint density at radius 3 is 2.10 bits per heavy atom. The van der Waals surface area contributed by atoms with Crippen LogP contribution < -0.4 is 9.64 Å². The van der Waals surface area contributed by atoms with Crippen LogP contribution in [0.1, 0.15) is 46.2 Å². The summed E-state index contributed by atoms with van der Waals surface area (Å²) in [5, 5.41) is 21.0. The maximum Gasteiger partial charge on any atom is 0.119 e. The molecule has 0 atom stereocenters. The first-order valence-corrected chi connectivity index (χ1v) is 13.9. The summed E-state index contributed by atoms with van der Waals surface area (Å²) in [5.41, 5.74) is 9.19. The van der Waals surface area contributed by atoms with Gasteiger partial charge >= 0.3 is 0 Å². The van der Waals surface area contributed by atoms with Crippen LogP contribution in [0.2, 0.25) is 0 Å². The van der Waals surface area contributed by atoms with E-state index in [9.17, 15) is 10.5 Å². The van der Waals surface area contributed by atoms with Gasteiger partial charge in [-0.3, -0.25) is 0 Å². The van der Waals surface area contributed by atoms with Crippen molar-refractivity contribution in [2.24, 2.45) is 0 Å². The van der Waals surface area contributed by atoms with E-state index in [4.69, 9.17) is 4.74 Å². The van der Waals surface area contributed by atoms with Crippen LogP contribution >= 0.6 is 0 Å². The molecule has 0 radical (unpaired) electrons. The Bertz CT molecular complexity index is 1840. The maximum absolute atomic E-state index is 9.92. The van der Waals surface area contributed by atoms with Crippen molar-refractivity contribution >= 4 is 40.0 Å². The highest BCUT2D eigenvalue weighted by atomic mass is 16.5. The van der Waals surface area contributed by atoms with Crippen molar-refractivity contribution < 1.29 is 4.74 Å². The van der Waals surface area contributed by atoms with E-state index in [1.165, 1.54) is 24.0 Å². The lowest BCUT2D eigenvalue weighted by Gasteiger charge is -2.27. The van der Waals surface area contributed by atoms with E-state index in [1.54, 1.807) is 13.2 Å². The molecule has 0 unspecified atom stereocenters. The molecule has 6 rings (SSSR count). The Balaban J connectivity index is 1.34. The van der Waals surface area contributed by atoms with Crippen LogP contribution in [0.25, 0.3) is 22.9 Å². The normalized spacial score (nSPS) is 12.5. The third-order valence-corrected chi connectivity index (χ3v) is 7.85. The van der Waals surface area contributed by atoms with Gasteiger partial charge in [0.15, 0.2) is 0 Å². The molecule has 1 aliphatic rings. The minimum absolute atomic E-state index is 0.574. The molecule has 0 saturated carbocycles. The Morgan fingerprint density at radius 1 is 0.683 bits per heavy atom. The van der Waals surface area contributed by atoms with Gasteiger partial charge in [0.2, 0.25) is 0 Å². The first-order chi connectivity index (χ1) is 20.2. The summed E-state index contributed by atoms with van der Waals surface area (Å²) >= 11 is 0. The van der Waals surface area contributed by atoms with Crippen molar-refractivity contribution in [3.63, 3.8) is 0 Å². The van der Waals surface area contributed by atoms with Crippen LogP contribution in [-0.4, -0.2) is 7.11 Å². The van der Waals surface area contributed by atoms with Crippen molar-refractivity contribution in [3.8, 4) is 17.9 Å². The number of hydrogen-bond acceptors (Lipinski definition) is 4. The fourth-order valence-corrected chi connectivity index (χ4v) is 5.69. The van der Waals surface area contributed by atoms with Gasteiger partial charge in [0.05, 0.1) is 24.3 Å². The van der Waals surface area contributed by atoms with Crippen molar-refractivity contribution in [1.29, 1.82) is 10.5 Å². The molecule has 0 fully saturated rings. The monoisotopic (exact) mass is 531 g/mol. The van der Waals surface area contributed by atoms with Gasteiger partial charge in [-0.05, 0) is 103 Å². The maximum atomic E-state index is 9.92. The molecule has 41 heavy (non-hydrogen) atoms. The molecule has 0 amide bonds. The predicted octanol–water partition coefficient (Wildman–Crippen LogP) is 9.11. The average Bonchev–Trinajstić information content (AvgIpc) is 3.04. The van der Waals surface area contributed by atoms with E-state index >= 15 is 0 Å². The number of methoxy groups -OCH3 is 1. The largest absolute Gasteiger partial charge is 0.497 e. The molecule has 0 saturated heterocycles. The van der Waals surface area contributed by atoms with E-state index in [-0.39, 0.29) is 0 Å². The zero-order valence-corrected chi connectivity index (χ0v) is 23.0. The molecule has 0 spiro atoms. The quantitative estimate of drug-likeness (QED) is 0.205. The molecular formula is C37H29N3O. The number of nitriles is 2. The van der Waals surface area contributed by atoms with Gasteiger partial charge in [-0.15, -0.1) is 0 Å².